The zero-order chi connectivity index (χ0) is 20.7. The number of benzene rings is 2. The second-order valence-corrected chi connectivity index (χ2v) is 6.91. The van der Waals surface area contributed by atoms with Crippen LogP contribution in [0, 0.1) is 24.0 Å². The monoisotopic (exact) mass is 446 g/mol. The highest BCUT2D eigenvalue weighted by atomic mass is 79.9. The minimum atomic E-state index is -0.519. The largest absolute Gasteiger partial charge is 0.326 e. The minimum Gasteiger partial charge on any atom is -0.326 e. The fourth-order valence-electron chi connectivity index (χ4n) is 2.31. The van der Waals surface area contributed by atoms with Gasteiger partial charge in [0.05, 0.1) is 15.6 Å². The predicted molar refractivity (Wildman–Crippen MR) is 110 cm³/mol. The molecule has 2 N–H and O–H groups in total. The highest BCUT2D eigenvalue weighted by molar-refractivity contribution is 9.10. The van der Waals surface area contributed by atoms with E-state index in [-0.39, 0.29) is 24.4 Å². The van der Waals surface area contributed by atoms with Crippen LogP contribution in [0.1, 0.15) is 29.5 Å². The van der Waals surface area contributed by atoms with Gasteiger partial charge in [-0.1, -0.05) is 18.2 Å². The maximum absolute atomic E-state index is 12.0. The van der Waals surface area contributed by atoms with Gasteiger partial charge < -0.3 is 5.32 Å². The third-order valence-corrected chi connectivity index (χ3v) is 4.70. The highest BCUT2D eigenvalue weighted by Crippen LogP contribution is 2.25. The van der Waals surface area contributed by atoms with E-state index >= 15 is 0 Å². The highest BCUT2D eigenvalue weighted by Gasteiger charge is 2.12. The van der Waals surface area contributed by atoms with Crippen LogP contribution in [0.3, 0.4) is 0 Å². The Hall–Kier alpha value is -3.07. The first-order valence-corrected chi connectivity index (χ1v) is 9.19. The Morgan fingerprint density at radius 2 is 1.89 bits per heavy atom. The number of nitro benzene ring substituents is 1. The molecule has 2 aromatic rings. The quantitative estimate of drug-likeness (QED) is 0.381. The van der Waals surface area contributed by atoms with Gasteiger partial charge in [-0.3, -0.25) is 19.7 Å². The van der Waals surface area contributed by atoms with Gasteiger partial charge in [-0.15, -0.1) is 0 Å². The first kappa shape index (κ1) is 21.2. The molecular formula is C19H19BrN4O4. The summed E-state index contributed by atoms with van der Waals surface area (Å²) >= 11 is 3.09. The summed E-state index contributed by atoms with van der Waals surface area (Å²) in [6.45, 7) is 3.87. The molecule has 146 valence electrons. The molecular weight excluding hydrogens is 428 g/mol. The van der Waals surface area contributed by atoms with Crippen LogP contribution in [-0.4, -0.2) is 23.0 Å². The molecule has 2 amide bonds. The van der Waals surface area contributed by atoms with Gasteiger partial charge in [0.2, 0.25) is 11.8 Å². The van der Waals surface area contributed by atoms with Crippen LogP contribution in [0.5, 0.6) is 0 Å². The second-order valence-electron chi connectivity index (χ2n) is 6.06. The van der Waals surface area contributed by atoms with Crippen molar-refractivity contribution >= 4 is 45.3 Å². The van der Waals surface area contributed by atoms with Crippen molar-refractivity contribution in [3.8, 4) is 0 Å². The molecule has 0 aliphatic rings. The first-order chi connectivity index (χ1) is 13.3. The molecule has 0 bridgehead atoms. The average molecular weight is 447 g/mol. The van der Waals surface area contributed by atoms with E-state index in [2.05, 4.69) is 31.8 Å². The van der Waals surface area contributed by atoms with Crippen molar-refractivity contribution in [3.63, 3.8) is 0 Å². The smallest absolute Gasteiger partial charge is 0.284 e. The summed E-state index contributed by atoms with van der Waals surface area (Å²) in [5.74, 6) is -0.699. The average Bonchev–Trinajstić information content (AvgIpc) is 2.65. The standard InChI is InChI=1S/C19H19BrN4O4/c1-12-4-3-5-16(13(12)2)22-18(25)8-9-19(26)23-21-11-14-6-7-15(20)17(10-14)24(27)28/h3-7,10-11H,8-9H2,1-2H3,(H,22,25)(H,23,26). The summed E-state index contributed by atoms with van der Waals surface area (Å²) < 4.78 is 0.355. The maximum Gasteiger partial charge on any atom is 0.284 e. The first-order valence-electron chi connectivity index (χ1n) is 8.40. The summed E-state index contributed by atoms with van der Waals surface area (Å²) in [6.07, 6.45) is 1.28. The molecule has 0 aromatic heterocycles. The van der Waals surface area contributed by atoms with Crippen molar-refractivity contribution in [2.24, 2.45) is 5.10 Å². The van der Waals surface area contributed by atoms with Crippen LogP contribution in [-0.2, 0) is 9.59 Å². The number of nitro groups is 1. The Morgan fingerprint density at radius 1 is 1.18 bits per heavy atom. The number of anilines is 1. The molecule has 8 nitrogen and oxygen atoms in total. The van der Waals surface area contributed by atoms with E-state index in [0.717, 1.165) is 16.8 Å². The molecule has 28 heavy (non-hydrogen) atoms. The normalized spacial score (nSPS) is 10.7. The Balaban J connectivity index is 1.83. The molecule has 0 spiro atoms. The number of amides is 2. The summed E-state index contributed by atoms with van der Waals surface area (Å²) in [5.41, 5.74) is 5.44. The predicted octanol–water partition coefficient (Wildman–Crippen LogP) is 3.84. The maximum atomic E-state index is 12.0. The molecule has 0 fully saturated rings. The SMILES string of the molecule is Cc1cccc(NC(=O)CCC(=O)NN=Cc2ccc(Br)c([N+](=O)[O-])c2)c1C. The van der Waals surface area contributed by atoms with Crippen LogP contribution in [0.15, 0.2) is 46.0 Å². The summed E-state index contributed by atoms with van der Waals surface area (Å²) in [6, 6.07) is 10.1. The molecule has 0 unspecified atom stereocenters. The van der Waals surface area contributed by atoms with Crippen LogP contribution in [0.25, 0.3) is 0 Å². The fourth-order valence-corrected chi connectivity index (χ4v) is 2.70. The van der Waals surface area contributed by atoms with Gasteiger partial charge >= 0.3 is 0 Å². The number of nitrogens with zero attached hydrogens (tertiary/aromatic N) is 2. The number of hydrogen-bond acceptors (Lipinski definition) is 5. The molecule has 9 heteroatoms. The summed E-state index contributed by atoms with van der Waals surface area (Å²) in [5, 5.41) is 17.4. The summed E-state index contributed by atoms with van der Waals surface area (Å²) in [7, 11) is 0. The number of nitrogens with one attached hydrogen (secondary N) is 2. The molecule has 0 saturated carbocycles. The Morgan fingerprint density at radius 3 is 2.61 bits per heavy atom. The van der Waals surface area contributed by atoms with Gasteiger partial charge in [-0.25, -0.2) is 5.43 Å². The molecule has 2 rings (SSSR count). The molecule has 0 aliphatic carbocycles. The van der Waals surface area contributed by atoms with E-state index in [0.29, 0.717) is 10.0 Å². The minimum absolute atomic E-state index is 0.0124. The lowest BCUT2D eigenvalue weighted by atomic mass is 10.1. The van der Waals surface area contributed by atoms with E-state index in [1.165, 1.54) is 18.3 Å². The number of halogens is 1. The van der Waals surface area contributed by atoms with Crippen molar-refractivity contribution in [2.45, 2.75) is 26.7 Å². The van der Waals surface area contributed by atoms with Crippen molar-refractivity contribution < 1.29 is 14.5 Å². The lowest BCUT2D eigenvalue weighted by Gasteiger charge is -2.10. The molecule has 0 heterocycles. The Kier molecular flexibility index (Phi) is 7.39. The van der Waals surface area contributed by atoms with E-state index in [9.17, 15) is 19.7 Å². The lowest BCUT2D eigenvalue weighted by molar-refractivity contribution is -0.385. The number of hydrazone groups is 1. The van der Waals surface area contributed by atoms with Gasteiger partial charge in [-0.2, -0.15) is 5.10 Å². The van der Waals surface area contributed by atoms with E-state index in [1.807, 2.05) is 32.0 Å². The van der Waals surface area contributed by atoms with Crippen LogP contribution in [0.2, 0.25) is 0 Å². The van der Waals surface area contributed by atoms with Crippen molar-refractivity contribution in [1.82, 2.24) is 5.43 Å². The zero-order valence-electron chi connectivity index (χ0n) is 15.4. The van der Waals surface area contributed by atoms with Gasteiger partial charge in [-0.05, 0) is 53.0 Å². The van der Waals surface area contributed by atoms with Gasteiger partial charge in [0, 0.05) is 30.2 Å². The van der Waals surface area contributed by atoms with Gasteiger partial charge in [0.25, 0.3) is 5.69 Å². The van der Waals surface area contributed by atoms with Crippen LogP contribution >= 0.6 is 15.9 Å². The third kappa shape index (κ3) is 5.98. The van der Waals surface area contributed by atoms with Crippen molar-refractivity contribution in [1.29, 1.82) is 0 Å². The van der Waals surface area contributed by atoms with E-state index in [4.69, 9.17) is 0 Å². The van der Waals surface area contributed by atoms with Gasteiger partial charge in [0.15, 0.2) is 0 Å². The lowest BCUT2D eigenvalue weighted by Crippen LogP contribution is -2.21. The third-order valence-electron chi connectivity index (χ3n) is 4.03. The molecule has 0 atom stereocenters. The van der Waals surface area contributed by atoms with Gasteiger partial charge in [0.1, 0.15) is 0 Å². The number of carbonyl (C=O) groups is 2. The van der Waals surface area contributed by atoms with E-state index in [1.54, 1.807) is 6.07 Å². The van der Waals surface area contributed by atoms with E-state index < -0.39 is 10.8 Å². The molecule has 0 saturated heterocycles. The van der Waals surface area contributed by atoms with Crippen LogP contribution < -0.4 is 10.7 Å². The van der Waals surface area contributed by atoms with Crippen molar-refractivity contribution in [2.75, 3.05) is 5.32 Å². The second kappa shape index (κ2) is 9.75. The zero-order valence-corrected chi connectivity index (χ0v) is 16.9. The molecule has 0 radical (unpaired) electrons. The van der Waals surface area contributed by atoms with Crippen molar-refractivity contribution in [3.05, 3.63) is 67.7 Å². The number of aryl methyl sites for hydroxylation is 1. The fraction of sp³-hybridized carbons (Fsp3) is 0.211. The summed E-state index contributed by atoms with van der Waals surface area (Å²) in [4.78, 5) is 34.2. The number of rotatable bonds is 7. The molecule has 2 aromatic carbocycles. The Bertz CT molecular complexity index is 944. The van der Waals surface area contributed by atoms with Crippen LogP contribution in [0.4, 0.5) is 11.4 Å². The Labute approximate surface area is 170 Å². The molecule has 0 aliphatic heterocycles. The topological polar surface area (TPSA) is 114 Å². The number of carbonyl (C=O) groups excluding carboxylic acids is 2. The number of hydrogen-bond donors (Lipinski definition) is 2.